The predicted octanol–water partition coefficient (Wildman–Crippen LogP) is 6.78. The Bertz CT molecular complexity index is 818. The second-order valence-corrected chi connectivity index (χ2v) is 16.0. The standard InChI is InChI=1S/3C6H3Br2.Sb/c3*7-5-3-1-2-4-6(5)8;/h3*1-3H;. The van der Waals surface area contributed by atoms with E-state index in [1.165, 1.54) is 10.5 Å². The van der Waals surface area contributed by atoms with E-state index >= 15 is 0 Å². The van der Waals surface area contributed by atoms with Gasteiger partial charge in [0.1, 0.15) is 0 Å². The van der Waals surface area contributed by atoms with Crippen molar-refractivity contribution in [2.75, 3.05) is 0 Å². The first kappa shape index (κ1) is 21.1. The van der Waals surface area contributed by atoms with E-state index in [1.54, 1.807) is 0 Å². The molecule has 128 valence electrons. The molecular weight excluding hydrogens is 817 g/mol. The molecule has 0 amide bonds. The van der Waals surface area contributed by atoms with Gasteiger partial charge >= 0.3 is 208 Å². The fourth-order valence-electron chi connectivity index (χ4n) is 2.38. The van der Waals surface area contributed by atoms with E-state index in [9.17, 15) is 0 Å². The van der Waals surface area contributed by atoms with E-state index in [1.807, 2.05) is 0 Å². The van der Waals surface area contributed by atoms with Gasteiger partial charge in [0.25, 0.3) is 0 Å². The van der Waals surface area contributed by atoms with Crippen molar-refractivity contribution >= 4 is 126 Å². The molecule has 0 aliphatic rings. The Morgan fingerprint density at radius 3 is 1.00 bits per heavy atom. The van der Waals surface area contributed by atoms with Crippen molar-refractivity contribution in [2.45, 2.75) is 0 Å². The molecule has 3 aromatic rings. The SMILES string of the molecule is Brc1ccc[c]([Sb]([c]2cccc(Br)c2Br)[c]2cccc(Br)c2Br)c1Br. The van der Waals surface area contributed by atoms with Crippen molar-refractivity contribution in [3.05, 3.63) is 81.4 Å². The zero-order valence-electron chi connectivity index (χ0n) is 12.4. The van der Waals surface area contributed by atoms with Crippen LogP contribution >= 0.6 is 95.6 Å². The van der Waals surface area contributed by atoms with Gasteiger partial charge in [0.05, 0.1) is 0 Å². The van der Waals surface area contributed by atoms with Gasteiger partial charge in [-0.3, -0.25) is 0 Å². The van der Waals surface area contributed by atoms with E-state index in [0.29, 0.717) is 0 Å². The number of hydrogen-bond acceptors (Lipinski definition) is 0. The second-order valence-electron chi connectivity index (χ2n) is 5.05. The Kier molecular flexibility index (Phi) is 7.79. The van der Waals surface area contributed by atoms with Crippen LogP contribution in [0.3, 0.4) is 0 Å². The van der Waals surface area contributed by atoms with Crippen LogP contribution in [0.4, 0.5) is 0 Å². The number of rotatable bonds is 3. The quantitative estimate of drug-likeness (QED) is 0.256. The maximum absolute atomic E-state index is 3.81. The Balaban J connectivity index is 2.35. The van der Waals surface area contributed by atoms with Crippen LogP contribution in [0.1, 0.15) is 0 Å². The normalized spacial score (nSPS) is 11.2. The summed E-state index contributed by atoms with van der Waals surface area (Å²) in [6.07, 6.45) is 0. The average molecular weight is 826 g/mol. The number of hydrogen-bond donors (Lipinski definition) is 0. The van der Waals surface area contributed by atoms with Crippen LogP contribution in [0.2, 0.25) is 0 Å². The fourth-order valence-corrected chi connectivity index (χ4v) is 16.2. The van der Waals surface area contributed by atoms with Crippen LogP contribution in [0.25, 0.3) is 0 Å². The van der Waals surface area contributed by atoms with Crippen molar-refractivity contribution in [1.82, 2.24) is 0 Å². The van der Waals surface area contributed by atoms with E-state index < -0.39 is 20.2 Å². The molecule has 0 radical (unpaired) electrons. The van der Waals surface area contributed by atoms with Crippen LogP contribution in [-0.4, -0.2) is 20.2 Å². The summed E-state index contributed by atoms with van der Waals surface area (Å²) in [4.78, 5) is 0. The molecule has 0 unspecified atom stereocenters. The summed E-state index contributed by atoms with van der Waals surface area (Å²) in [5, 5.41) is 0. The monoisotopic (exact) mass is 819 g/mol. The molecule has 0 aromatic heterocycles. The minimum absolute atomic E-state index is 1.08. The van der Waals surface area contributed by atoms with Crippen molar-refractivity contribution in [1.29, 1.82) is 0 Å². The van der Waals surface area contributed by atoms with Gasteiger partial charge < -0.3 is 0 Å². The maximum atomic E-state index is 3.81. The second kappa shape index (κ2) is 9.24. The van der Waals surface area contributed by atoms with Crippen LogP contribution in [0.5, 0.6) is 0 Å². The summed E-state index contributed by atoms with van der Waals surface area (Å²) >= 11 is 20.1. The predicted molar refractivity (Wildman–Crippen MR) is 130 cm³/mol. The van der Waals surface area contributed by atoms with Crippen LogP contribution in [0, 0.1) is 0 Å². The molecule has 3 aromatic carbocycles. The van der Waals surface area contributed by atoms with Gasteiger partial charge in [-0.25, -0.2) is 0 Å². The molecule has 0 heterocycles. The average Bonchev–Trinajstić information content (AvgIpc) is 2.59. The van der Waals surface area contributed by atoms with Gasteiger partial charge in [0.15, 0.2) is 0 Å². The summed E-state index contributed by atoms with van der Waals surface area (Å²) in [5.74, 6) is 0. The van der Waals surface area contributed by atoms with Crippen LogP contribution < -0.4 is 10.5 Å². The molecule has 0 bridgehead atoms. The van der Waals surface area contributed by atoms with E-state index in [-0.39, 0.29) is 0 Å². The Labute approximate surface area is 204 Å². The van der Waals surface area contributed by atoms with Gasteiger partial charge in [-0.15, -0.1) is 0 Å². The molecule has 7 heteroatoms. The van der Waals surface area contributed by atoms with Gasteiger partial charge in [-0.1, -0.05) is 0 Å². The van der Waals surface area contributed by atoms with Gasteiger partial charge in [0.2, 0.25) is 0 Å². The number of benzene rings is 3. The molecule has 0 fully saturated rings. The third-order valence-corrected chi connectivity index (χ3v) is 19.7. The van der Waals surface area contributed by atoms with Crippen molar-refractivity contribution in [3.63, 3.8) is 0 Å². The minimum atomic E-state index is -2.31. The fraction of sp³-hybridized carbons (Fsp3) is 0. The van der Waals surface area contributed by atoms with Gasteiger partial charge in [-0.05, 0) is 0 Å². The molecule has 0 saturated heterocycles. The first-order valence-electron chi connectivity index (χ1n) is 7.04. The summed E-state index contributed by atoms with van der Waals surface area (Å²) < 4.78 is 10.8. The summed E-state index contributed by atoms with van der Waals surface area (Å²) in [5.41, 5.74) is 0. The summed E-state index contributed by atoms with van der Waals surface area (Å²) in [6, 6.07) is 19.2. The van der Waals surface area contributed by atoms with Gasteiger partial charge in [-0.2, -0.15) is 0 Å². The Hall–Kier alpha value is 1.36. The van der Waals surface area contributed by atoms with Crippen LogP contribution in [0.15, 0.2) is 81.4 Å². The molecule has 0 aliphatic carbocycles. The van der Waals surface area contributed by atoms with Gasteiger partial charge in [0, 0.05) is 0 Å². The van der Waals surface area contributed by atoms with E-state index in [2.05, 4.69) is 150 Å². The Morgan fingerprint density at radius 2 is 0.720 bits per heavy atom. The molecule has 0 spiro atoms. The third kappa shape index (κ3) is 4.51. The molecule has 0 nitrogen and oxygen atoms in total. The molecular formula is C18H9Br6Sb. The number of halogens is 6. The van der Waals surface area contributed by atoms with Crippen LogP contribution in [-0.2, 0) is 0 Å². The zero-order chi connectivity index (χ0) is 18.1. The third-order valence-electron chi connectivity index (χ3n) is 3.52. The Morgan fingerprint density at radius 1 is 0.440 bits per heavy atom. The summed E-state index contributed by atoms with van der Waals surface area (Å²) in [7, 11) is 0. The van der Waals surface area contributed by atoms with Crippen molar-refractivity contribution < 1.29 is 0 Å². The van der Waals surface area contributed by atoms with E-state index in [0.717, 1.165) is 26.8 Å². The molecule has 25 heavy (non-hydrogen) atoms. The van der Waals surface area contributed by atoms with Crippen molar-refractivity contribution in [3.8, 4) is 0 Å². The molecule has 3 rings (SSSR count). The van der Waals surface area contributed by atoms with E-state index in [4.69, 9.17) is 0 Å². The zero-order valence-corrected chi connectivity index (χ0v) is 24.5. The summed E-state index contributed by atoms with van der Waals surface area (Å²) in [6.45, 7) is 0. The molecule has 0 saturated carbocycles. The molecule has 0 N–H and O–H groups in total. The first-order chi connectivity index (χ1) is 11.9. The molecule has 0 aliphatic heterocycles. The van der Waals surface area contributed by atoms with Crippen molar-refractivity contribution in [2.24, 2.45) is 0 Å². The molecule has 0 atom stereocenters. The first-order valence-corrected chi connectivity index (χ1v) is 15.6. The topological polar surface area (TPSA) is 0 Å².